The fourth-order valence-corrected chi connectivity index (χ4v) is 22.6. The first kappa shape index (κ1) is 28.0. The Balaban J connectivity index is 1.45. The zero-order valence-corrected chi connectivity index (χ0v) is 26.6. The SMILES string of the molecule is C=C(C)C1CCC2(COC(C)=O)CCI3C(CCC4C5(C)CCC(OC(C)=O)C(C)(C)C5CCC43C)C12. The van der Waals surface area contributed by atoms with Gasteiger partial charge in [0, 0.05) is 0 Å². The van der Waals surface area contributed by atoms with Crippen molar-refractivity contribution in [1.82, 2.24) is 0 Å². The van der Waals surface area contributed by atoms with Crippen molar-refractivity contribution in [3.63, 3.8) is 0 Å². The number of alkyl halides is 3. The summed E-state index contributed by atoms with van der Waals surface area (Å²) >= 11 is -1.33. The number of carbonyl (C=O) groups excluding carboxylic acids is 2. The van der Waals surface area contributed by atoms with Crippen LogP contribution in [0, 0.1) is 39.9 Å². The average molecular weight is 627 g/mol. The second kappa shape index (κ2) is 9.51. The minimum atomic E-state index is -1.33. The zero-order chi connectivity index (χ0) is 27.0. The van der Waals surface area contributed by atoms with Gasteiger partial charge in [0.25, 0.3) is 0 Å². The first-order valence-electron chi connectivity index (χ1n) is 14.9. The molecule has 5 rings (SSSR count). The topological polar surface area (TPSA) is 52.6 Å². The fraction of sp³-hybridized carbons (Fsp3) is 0.875. The number of ether oxygens (including phenoxy) is 2. The number of fused-ring (bicyclic) bond motifs is 7. The molecule has 210 valence electrons. The molecule has 0 aromatic carbocycles. The number of carbonyl (C=O) groups is 2. The van der Waals surface area contributed by atoms with E-state index in [0.717, 1.165) is 16.3 Å². The van der Waals surface area contributed by atoms with E-state index in [9.17, 15) is 9.59 Å². The van der Waals surface area contributed by atoms with Gasteiger partial charge in [-0.05, 0) is 0 Å². The van der Waals surface area contributed by atoms with E-state index in [1.165, 1.54) is 61.4 Å². The molecule has 2 saturated heterocycles. The van der Waals surface area contributed by atoms with E-state index in [0.29, 0.717) is 33.2 Å². The Hall–Kier alpha value is -0.590. The van der Waals surface area contributed by atoms with Crippen LogP contribution in [0.25, 0.3) is 0 Å². The molecule has 9 unspecified atom stereocenters. The second-order valence-corrected chi connectivity index (χ2v) is 21.9. The molecule has 0 spiro atoms. The predicted molar refractivity (Wildman–Crippen MR) is 158 cm³/mol. The standard InChI is InChI=1S/C32H51IO4/c1-20(2)23-11-16-32(19-36-21(3)34)17-18-33-24(28(23)32)9-10-26-30(7)14-13-27(37-22(4)35)29(5,6)25(30)12-15-31(26,33)8/h23-28H,1,9-19H2,2-8H3. The first-order valence-corrected chi connectivity index (χ1v) is 18.7. The Bertz CT molecular complexity index is 958. The number of hydrogen-bond donors (Lipinski definition) is 0. The van der Waals surface area contributed by atoms with Crippen LogP contribution >= 0.6 is 19.8 Å². The second-order valence-electron chi connectivity index (χ2n) is 14.5. The van der Waals surface area contributed by atoms with E-state index in [2.05, 4.69) is 41.2 Å². The van der Waals surface area contributed by atoms with Crippen molar-refractivity contribution in [2.24, 2.45) is 39.9 Å². The predicted octanol–water partition coefficient (Wildman–Crippen LogP) is 7.75. The molecular formula is C32H51IO4. The maximum atomic E-state index is 11.9. The van der Waals surface area contributed by atoms with Gasteiger partial charge in [0.1, 0.15) is 0 Å². The summed E-state index contributed by atoms with van der Waals surface area (Å²) in [5.41, 5.74) is 1.91. The molecule has 0 amide bonds. The van der Waals surface area contributed by atoms with Crippen molar-refractivity contribution < 1.29 is 19.1 Å². The van der Waals surface area contributed by atoms with Gasteiger partial charge in [0.05, 0.1) is 0 Å². The van der Waals surface area contributed by atoms with E-state index in [4.69, 9.17) is 9.47 Å². The molecule has 3 aliphatic carbocycles. The van der Waals surface area contributed by atoms with Gasteiger partial charge in [-0.15, -0.1) is 0 Å². The summed E-state index contributed by atoms with van der Waals surface area (Å²) in [6, 6.07) is 0. The van der Waals surface area contributed by atoms with Crippen molar-refractivity contribution in [2.75, 3.05) is 11.0 Å². The molecule has 5 aliphatic rings. The van der Waals surface area contributed by atoms with Gasteiger partial charge in [0.2, 0.25) is 0 Å². The quantitative estimate of drug-likeness (QED) is 0.139. The Morgan fingerprint density at radius 2 is 1.59 bits per heavy atom. The van der Waals surface area contributed by atoms with Gasteiger partial charge in [-0.25, -0.2) is 0 Å². The Labute approximate surface area is 232 Å². The molecule has 5 fully saturated rings. The van der Waals surface area contributed by atoms with Crippen LogP contribution in [0.5, 0.6) is 0 Å². The molecule has 4 nitrogen and oxygen atoms in total. The summed E-state index contributed by atoms with van der Waals surface area (Å²) in [5.74, 6) is 2.43. The Morgan fingerprint density at radius 1 is 0.865 bits per heavy atom. The number of rotatable bonds is 4. The fourth-order valence-electron chi connectivity index (χ4n) is 10.8. The van der Waals surface area contributed by atoms with Gasteiger partial charge >= 0.3 is 234 Å². The van der Waals surface area contributed by atoms with Crippen LogP contribution in [-0.4, -0.2) is 36.4 Å². The van der Waals surface area contributed by atoms with Crippen LogP contribution in [0.2, 0.25) is 0 Å². The van der Waals surface area contributed by atoms with Gasteiger partial charge in [-0.2, -0.15) is 0 Å². The van der Waals surface area contributed by atoms with Crippen molar-refractivity contribution in [2.45, 2.75) is 120 Å². The van der Waals surface area contributed by atoms with Gasteiger partial charge in [-0.3, -0.25) is 0 Å². The number of hydrogen-bond acceptors (Lipinski definition) is 4. The molecule has 0 bridgehead atoms. The molecule has 37 heavy (non-hydrogen) atoms. The molecule has 5 heteroatoms. The number of esters is 2. The number of halogens is 1. The molecule has 0 radical (unpaired) electrons. The monoisotopic (exact) mass is 626 g/mol. The van der Waals surface area contributed by atoms with Crippen LogP contribution < -0.4 is 0 Å². The molecule has 0 aromatic heterocycles. The molecule has 0 N–H and O–H groups in total. The van der Waals surface area contributed by atoms with E-state index >= 15 is 0 Å². The van der Waals surface area contributed by atoms with Gasteiger partial charge in [-0.1, -0.05) is 0 Å². The van der Waals surface area contributed by atoms with E-state index in [1.54, 1.807) is 13.8 Å². The Kier molecular flexibility index (Phi) is 7.18. The van der Waals surface area contributed by atoms with Crippen molar-refractivity contribution in [1.29, 1.82) is 0 Å². The van der Waals surface area contributed by atoms with E-state index < -0.39 is 19.8 Å². The molecule has 9 atom stereocenters. The van der Waals surface area contributed by atoms with Gasteiger partial charge in [0.15, 0.2) is 0 Å². The molecule has 3 saturated carbocycles. The molecule has 0 aromatic rings. The summed E-state index contributed by atoms with van der Waals surface area (Å²) in [6.45, 7) is 20.6. The van der Waals surface area contributed by atoms with Gasteiger partial charge < -0.3 is 0 Å². The summed E-state index contributed by atoms with van der Waals surface area (Å²) in [4.78, 5) is 23.8. The van der Waals surface area contributed by atoms with Crippen LogP contribution in [0.3, 0.4) is 0 Å². The molecule has 2 aliphatic heterocycles. The average Bonchev–Trinajstić information content (AvgIpc) is 3.20. The van der Waals surface area contributed by atoms with Crippen LogP contribution in [-0.2, 0) is 19.1 Å². The first-order chi connectivity index (χ1) is 17.3. The third-order valence-corrected chi connectivity index (χ3v) is 21.8. The van der Waals surface area contributed by atoms with Crippen LogP contribution in [0.4, 0.5) is 0 Å². The minimum absolute atomic E-state index is 0.0304. The zero-order valence-electron chi connectivity index (χ0n) is 24.5. The maximum absolute atomic E-state index is 11.9. The van der Waals surface area contributed by atoms with Crippen molar-refractivity contribution in [3.05, 3.63) is 12.2 Å². The summed E-state index contributed by atoms with van der Waals surface area (Å²) < 4.78 is 14.5. The van der Waals surface area contributed by atoms with E-state index in [1.807, 2.05) is 0 Å². The van der Waals surface area contributed by atoms with Crippen LogP contribution in [0.15, 0.2) is 12.2 Å². The summed E-state index contributed by atoms with van der Waals surface area (Å²) in [7, 11) is 0. The summed E-state index contributed by atoms with van der Waals surface area (Å²) in [5, 5.41) is 0. The Morgan fingerprint density at radius 3 is 2.24 bits per heavy atom. The normalized spacial score (nSPS) is 47.1. The van der Waals surface area contributed by atoms with Crippen molar-refractivity contribution in [3.8, 4) is 0 Å². The molecule has 2 heterocycles. The summed E-state index contributed by atoms with van der Waals surface area (Å²) in [6.07, 6.45) is 11.3. The molecular weight excluding hydrogens is 575 g/mol. The third kappa shape index (κ3) is 4.25. The van der Waals surface area contributed by atoms with Crippen LogP contribution in [0.1, 0.15) is 106 Å². The number of allylic oxidation sites excluding steroid dienone is 1. The third-order valence-electron chi connectivity index (χ3n) is 12.3. The van der Waals surface area contributed by atoms with Crippen molar-refractivity contribution >= 4 is 31.8 Å². The van der Waals surface area contributed by atoms with E-state index in [-0.39, 0.29) is 28.9 Å².